The summed E-state index contributed by atoms with van der Waals surface area (Å²) < 4.78 is 9.17. The topological polar surface area (TPSA) is 56.4 Å². The first-order chi connectivity index (χ1) is 9.19. The van der Waals surface area contributed by atoms with Crippen LogP contribution in [0.4, 0.5) is 5.69 Å². The molecule has 0 spiro atoms. The van der Waals surface area contributed by atoms with Crippen LogP contribution in [0.25, 0.3) is 4.96 Å². The molecule has 0 saturated heterocycles. The van der Waals surface area contributed by atoms with Crippen molar-refractivity contribution in [1.29, 1.82) is 0 Å². The van der Waals surface area contributed by atoms with Gasteiger partial charge < -0.3 is 10.1 Å². The average Bonchev–Trinajstić information content (AvgIpc) is 3.01. The number of thiazole rings is 1. The predicted octanol–water partition coefficient (Wildman–Crippen LogP) is 2.06. The summed E-state index contributed by atoms with van der Waals surface area (Å²) in [5.41, 5.74) is 3.02. The average molecular weight is 277 g/mol. The van der Waals surface area contributed by atoms with E-state index in [-0.39, 0.29) is 0 Å². The van der Waals surface area contributed by atoms with Gasteiger partial charge in [-0.25, -0.2) is 0 Å². The van der Waals surface area contributed by atoms with Gasteiger partial charge in [0.05, 0.1) is 25.0 Å². The van der Waals surface area contributed by atoms with Gasteiger partial charge in [-0.1, -0.05) is 0 Å². The molecule has 100 valence electrons. The summed E-state index contributed by atoms with van der Waals surface area (Å²) in [6.07, 6.45) is 3.97. The molecule has 0 aliphatic carbocycles. The second kappa shape index (κ2) is 4.58. The van der Waals surface area contributed by atoms with E-state index in [2.05, 4.69) is 15.4 Å². The monoisotopic (exact) mass is 277 g/mol. The summed E-state index contributed by atoms with van der Waals surface area (Å²) >= 11 is 1.59. The number of aromatic nitrogens is 4. The zero-order valence-corrected chi connectivity index (χ0v) is 11.9. The number of rotatable bonds is 4. The zero-order valence-electron chi connectivity index (χ0n) is 11.0. The molecule has 0 bridgehead atoms. The van der Waals surface area contributed by atoms with Crippen LogP contribution in [0.2, 0.25) is 0 Å². The van der Waals surface area contributed by atoms with Crippen LogP contribution < -0.4 is 10.1 Å². The Hall–Kier alpha value is -2.02. The van der Waals surface area contributed by atoms with Crippen molar-refractivity contribution >= 4 is 22.0 Å². The number of anilines is 1. The largest absolute Gasteiger partial charge is 0.480 e. The van der Waals surface area contributed by atoms with Crippen LogP contribution in [-0.2, 0) is 13.6 Å². The fourth-order valence-corrected chi connectivity index (χ4v) is 2.81. The molecule has 3 aromatic rings. The van der Waals surface area contributed by atoms with Crippen molar-refractivity contribution in [2.75, 3.05) is 12.4 Å². The molecule has 0 unspecified atom stereocenters. The van der Waals surface area contributed by atoms with Crippen LogP contribution in [-0.4, -0.2) is 26.3 Å². The van der Waals surface area contributed by atoms with Gasteiger partial charge in [0.1, 0.15) is 5.69 Å². The molecule has 0 fully saturated rings. The van der Waals surface area contributed by atoms with Crippen molar-refractivity contribution < 1.29 is 4.74 Å². The highest BCUT2D eigenvalue weighted by Crippen LogP contribution is 2.24. The number of imidazole rings is 1. The highest BCUT2D eigenvalue weighted by Gasteiger charge is 2.14. The molecule has 19 heavy (non-hydrogen) atoms. The lowest BCUT2D eigenvalue weighted by atomic mass is 10.3. The molecule has 0 saturated carbocycles. The maximum absolute atomic E-state index is 5.33. The molecule has 3 heterocycles. The van der Waals surface area contributed by atoms with Gasteiger partial charge in [0, 0.05) is 24.8 Å². The summed E-state index contributed by atoms with van der Waals surface area (Å²) in [7, 11) is 3.56. The lowest BCUT2D eigenvalue weighted by Crippen LogP contribution is -2.04. The van der Waals surface area contributed by atoms with Crippen LogP contribution in [0.1, 0.15) is 11.4 Å². The number of methoxy groups -OCH3 is 1. The number of nitrogens with one attached hydrogen (secondary N) is 1. The highest BCUT2D eigenvalue weighted by molar-refractivity contribution is 7.15. The van der Waals surface area contributed by atoms with Crippen LogP contribution in [0, 0.1) is 6.92 Å². The Bertz CT molecular complexity index is 711. The first-order valence-corrected chi connectivity index (χ1v) is 6.79. The molecular weight excluding hydrogens is 262 g/mol. The van der Waals surface area contributed by atoms with Gasteiger partial charge in [-0.05, 0) is 6.92 Å². The van der Waals surface area contributed by atoms with E-state index in [0.29, 0.717) is 12.4 Å². The van der Waals surface area contributed by atoms with Gasteiger partial charge in [0.25, 0.3) is 0 Å². The molecule has 0 aliphatic rings. The molecule has 0 radical (unpaired) electrons. The Kier molecular flexibility index (Phi) is 2.90. The van der Waals surface area contributed by atoms with E-state index in [0.717, 1.165) is 22.0 Å². The Labute approximate surface area is 114 Å². The number of hydrogen-bond donors (Lipinski definition) is 1. The minimum Gasteiger partial charge on any atom is -0.480 e. The van der Waals surface area contributed by atoms with Crippen molar-refractivity contribution in [3.05, 3.63) is 29.2 Å². The second-order valence-corrected chi connectivity index (χ2v) is 5.15. The van der Waals surface area contributed by atoms with E-state index in [1.807, 2.05) is 36.1 Å². The van der Waals surface area contributed by atoms with Gasteiger partial charge in [-0.3, -0.25) is 9.08 Å². The quantitative estimate of drug-likeness (QED) is 0.793. The SMILES string of the molecule is COc1nc2sccn2c1CNc1cn(C)nc1C. The number of nitrogens with zero attached hydrogens (tertiary/aromatic N) is 4. The normalized spacial score (nSPS) is 11.1. The van der Waals surface area contributed by atoms with Crippen LogP contribution >= 0.6 is 11.3 Å². The fraction of sp³-hybridized carbons (Fsp3) is 0.333. The van der Waals surface area contributed by atoms with E-state index in [9.17, 15) is 0 Å². The van der Waals surface area contributed by atoms with Gasteiger partial charge in [-0.2, -0.15) is 10.1 Å². The number of aryl methyl sites for hydroxylation is 2. The van der Waals surface area contributed by atoms with E-state index >= 15 is 0 Å². The van der Waals surface area contributed by atoms with Crippen molar-refractivity contribution in [2.45, 2.75) is 13.5 Å². The summed E-state index contributed by atoms with van der Waals surface area (Å²) in [6, 6.07) is 0. The Morgan fingerprint density at radius 2 is 2.32 bits per heavy atom. The third kappa shape index (κ3) is 2.06. The van der Waals surface area contributed by atoms with Gasteiger partial charge >= 0.3 is 0 Å². The molecule has 7 heteroatoms. The van der Waals surface area contributed by atoms with Crippen molar-refractivity contribution in [1.82, 2.24) is 19.2 Å². The first-order valence-electron chi connectivity index (χ1n) is 5.91. The van der Waals surface area contributed by atoms with E-state index < -0.39 is 0 Å². The van der Waals surface area contributed by atoms with Gasteiger partial charge in [-0.15, -0.1) is 11.3 Å². The summed E-state index contributed by atoms with van der Waals surface area (Å²) in [5, 5.41) is 9.70. The third-order valence-corrected chi connectivity index (χ3v) is 3.73. The molecule has 3 rings (SSSR count). The first kappa shape index (κ1) is 12.0. The maximum atomic E-state index is 5.33. The minimum atomic E-state index is 0.646. The van der Waals surface area contributed by atoms with E-state index in [1.54, 1.807) is 23.1 Å². The molecule has 0 amide bonds. The molecular formula is C12H15N5OS. The van der Waals surface area contributed by atoms with Crippen molar-refractivity contribution in [2.24, 2.45) is 7.05 Å². The second-order valence-electron chi connectivity index (χ2n) is 4.28. The Morgan fingerprint density at radius 3 is 3.00 bits per heavy atom. The fourth-order valence-electron chi connectivity index (χ4n) is 2.09. The predicted molar refractivity (Wildman–Crippen MR) is 74.9 cm³/mol. The van der Waals surface area contributed by atoms with Crippen molar-refractivity contribution in [3.63, 3.8) is 0 Å². The van der Waals surface area contributed by atoms with Crippen LogP contribution in [0.3, 0.4) is 0 Å². The smallest absolute Gasteiger partial charge is 0.238 e. The maximum Gasteiger partial charge on any atom is 0.238 e. The zero-order chi connectivity index (χ0) is 13.4. The third-order valence-electron chi connectivity index (χ3n) is 2.98. The van der Waals surface area contributed by atoms with E-state index in [1.165, 1.54) is 0 Å². The van der Waals surface area contributed by atoms with E-state index in [4.69, 9.17) is 4.74 Å². The Morgan fingerprint density at radius 1 is 1.47 bits per heavy atom. The molecule has 6 nitrogen and oxygen atoms in total. The number of hydrogen-bond acceptors (Lipinski definition) is 5. The molecule has 0 aliphatic heterocycles. The summed E-state index contributed by atoms with van der Waals surface area (Å²) in [5.74, 6) is 0.667. The Balaban J connectivity index is 1.88. The minimum absolute atomic E-state index is 0.646. The molecule has 1 N–H and O–H groups in total. The summed E-state index contributed by atoms with van der Waals surface area (Å²) in [6.45, 7) is 2.63. The standard InChI is InChI=1S/C12H15N5OS/c1-8-9(7-16(2)15-8)13-6-10-11(18-3)14-12-17(10)4-5-19-12/h4-5,7,13H,6H2,1-3H3. The number of ether oxygens (including phenoxy) is 1. The molecule has 0 atom stereocenters. The molecule has 3 aromatic heterocycles. The van der Waals surface area contributed by atoms with Crippen LogP contribution in [0.15, 0.2) is 17.8 Å². The highest BCUT2D eigenvalue weighted by atomic mass is 32.1. The lowest BCUT2D eigenvalue weighted by molar-refractivity contribution is 0.395. The lowest BCUT2D eigenvalue weighted by Gasteiger charge is -2.05. The van der Waals surface area contributed by atoms with Crippen molar-refractivity contribution in [3.8, 4) is 5.88 Å². The van der Waals surface area contributed by atoms with Gasteiger partial charge in [0.2, 0.25) is 5.88 Å². The molecule has 0 aromatic carbocycles. The van der Waals surface area contributed by atoms with Gasteiger partial charge in [0.15, 0.2) is 4.96 Å². The van der Waals surface area contributed by atoms with Crippen LogP contribution in [0.5, 0.6) is 5.88 Å². The summed E-state index contributed by atoms with van der Waals surface area (Å²) in [4.78, 5) is 5.37. The number of fused-ring (bicyclic) bond motifs is 1.